The summed E-state index contributed by atoms with van der Waals surface area (Å²) in [5.74, 6) is -1.54. The van der Waals surface area contributed by atoms with Gasteiger partial charge in [0.15, 0.2) is 0 Å². The lowest BCUT2D eigenvalue weighted by Crippen LogP contribution is -2.61. The van der Waals surface area contributed by atoms with Gasteiger partial charge in [0, 0.05) is 6.42 Å². The van der Waals surface area contributed by atoms with E-state index in [0.717, 1.165) is 12.8 Å². The summed E-state index contributed by atoms with van der Waals surface area (Å²) in [5.41, 5.74) is 5.35. The maximum atomic E-state index is 11.7. The lowest BCUT2D eigenvalue weighted by molar-refractivity contribution is -0.140. The lowest BCUT2D eigenvalue weighted by atomic mass is 10.0. The molecule has 0 aromatic heterocycles. The average Bonchev–Trinajstić information content (AvgIpc) is 2.31. The third kappa shape index (κ3) is 4.33. The fourth-order valence-electron chi connectivity index (χ4n) is 1.84. The first-order valence-electron chi connectivity index (χ1n) is 6.07. The first kappa shape index (κ1) is 14.4. The monoisotopic (exact) mass is 257 g/mol. The van der Waals surface area contributed by atoms with E-state index in [1.807, 2.05) is 0 Å². The van der Waals surface area contributed by atoms with Crippen LogP contribution in [0.25, 0.3) is 0 Å². The Hall–Kier alpha value is -1.63. The van der Waals surface area contributed by atoms with Crippen LogP contribution in [0.4, 0.5) is 0 Å². The van der Waals surface area contributed by atoms with Crippen molar-refractivity contribution >= 4 is 17.8 Å². The van der Waals surface area contributed by atoms with E-state index >= 15 is 0 Å². The van der Waals surface area contributed by atoms with Gasteiger partial charge in [-0.05, 0) is 32.2 Å². The Balaban J connectivity index is 2.41. The molecule has 7 heteroatoms. The van der Waals surface area contributed by atoms with Gasteiger partial charge >= 0.3 is 5.97 Å². The van der Waals surface area contributed by atoms with Gasteiger partial charge in [-0.1, -0.05) is 0 Å². The highest BCUT2D eigenvalue weighted by Crippen LogP contribution is 2.08. The molecule has 1 aliphatic heterocycles. The Kier molecular flexibility index (Phi) is 5.57. The highest BCUT2D eigenvalue weighted by molar-refractivity contribution is 5.97. The van der Waals surface area contributed by atoms with Crippen LogP contribution in [0.3, 0.4) is 0 Å². The van der Waals surface area contributed by atoms with Gasteiger partial charge in [0.25, 0.3) is 0 Å². The molecule has 1 saturated heterocycles. The van der Waals surface area contributed by atoms with Gasteiger partial charge < -0.3 is 21.5 Å². The number of nitrogens with two attached hydrogens (primary N) is 1. The normalized spacial score (nSPS) is 23.4. The maximum absolute atomic E-state index is 11.7. The molecular formula is C11H19N3O4. The topological polar surface area (TPSA) is 122 Å². The van der Waals surface area contributed by atoms with Gasteiger partial charge in [-0.15, -0.1) is 0 Å². The molecule has 2 amide bonds. The Labute approximate surface area is 105 Å². The van der Waals surface area contributed by atoms with Gasteiger partial charge in [-0.2, -0.15) is 0 Å². The van der Waals surface area contributed by atoms with Crippen LogP contribution in [-0.4, -0.2) is 41.5 Å². The van der Waals surface area contributed by atoms with E-state index < -0.39 is 18.1 Å². The van der Waals surface area contributed by atoms with Crippen molar-refractivity contribution in [1.29, 1.82) is 0 Å². The molecule has 0 radical (unpaired) electrons. The lowest BCUT2D eigenvalue weighted by Gasteiger charge is -2.29. The molecule has 1 rings (SSSR count). The van der Waals surface area contributed by atoms with E-state index in [9.17, 15) is 14.4 Å². The molecule has 2 atom stereocenters. The molecule has 1 fully saturated rings. The molecule has 1 heterocycles. The van der Waals surface area contributed by atoms with Crippen LogP contribution < -0.4 is 16.4 Å². The van der Waals surface area contributed by atoms with Crippen LogP contribution in [0.15, 0.2) is 0 Å². The molecule has 0 bridgehead atoms. The summed E-state index contributed by atoms with van der Waals surface area (Å²) in [6.45, 7) is 0.559. The summed E-state index contributed by atoms with van der Waals surface area (Å²) in [4.78, 5) is 33.7. The molecule has 0 aromatic carbocycles. The van der Waals surface area contributed by atoms with Gasteiger partial charge in [0.05, 0.1) is 0 Å². The van der Waals surface area contributed by atoms with Crippen LogP contribution in [0, 0.1) is 0 Å². The number of rotatable bonds is 7. The van der Waals surface area contributed by atoms with Gasteiger partial charge in [0.1, 0.15) is 12.1 Å². The highest BCUT2D eigenvalue weighted by Gasteiger charge is 2.32. The Morgan fingerprint density at radius 2 is 1.67 bits per heavy atom. The number of unbranched alkanes of at least 4 members (excludes halogenated alkanes) is 1. The number of hydrogen-bond acceptors (Lipinski definition) is 4. The number of piperazine rings is 1. The fourth-order valence-corrected chi connectivity index (χ4v) is 1.84. The molecule has 0 spiro atoms. The molecule has 0 aromatic rings. The number of hydrogen-bond donors (Lipinski definition) is 4. The number of carboxylic acid groups (broad SMARTS) is 1. The van der Waals surface area contributed by atoms with Gasteiger partial charge in [0.2, 0.25) is 11.8 Å². The number of nitrogens with one attached hydrogen (secondary N) is 2. The summed E-state index contributed by atoms with van der Waals surface area (Å²) in [7, 11) is 0. The minimum atomic E-state index is -0.984. The zero-order valence-corrected chi connectivity index (χ0v) is 10.1. The molecular weight excluding hydrogens is 238 g/mol. The van der Waals surface area contributed by atoms with Crippen LogP contribution in [0.5, 0.6) is 0 Å². The standard InChI is InChI=1S/C11H19N3O4/c12-6-2-1-3-7-10(17)14-8(11(18)13-7)4-5-9(15)16/h7-8H,1-6,12H2,(H,13,18)(H,14,17)(H,15,16). The smallest absolute Gasteiger partial charge is 0.303 e. The molecule has 0 saturated carbocycles. The van der Waals surface area contributed by atoms with Crippen molar-refractivity contribution in [1.82, 2.24) is 10.6 Å². The summed E-state index contributed by atoms with van der Waals surface area (Å²) in [5, 5.41) is 13.7. The molecule has 1 aliphatic rings. The van der Waals surface area contributed by atoms with E-state index in [1.54, 1.807) is 0 Å². The predicted molar refractivity (Wildman–Crippen MR) is 63.6 cm³/mol. The van der Waals surface area contributed by atoms with Crippen molar-refractivity contribution in [3.63, 3.8) is 0 Å². The number of carboxylic acids is 1. The van der Waals surface area contributed by atoms with E-state index in [4.69, 9.17) is 10.8 Å². The number of amides is 2. The van der Waals surface area contributed by atoms with Crippen molar-refractivity contribution in [2.75, 3.05) is 6.54 Å². The minimum Gasteiger partial charge on any atom is -0.481 e. The van der Waals surface area contributed by atoms with Crippen molar-refractivity contribution in [2.24, 2.45) is 5.73 Å². The third-order valence-corrected chi connectivity index (χ3v) is 2.86. The molecule has 0 aliphatic carbocycles. The molecule has 5 N–H and O–H groups in total. The van der Waals surface area contributed by atoms with Crippen molar-refractivity contribution < 1.29 is 19.5 Å². The van der Waals surface area contributed by atoms with Crippen LogP contribution in [0.2, 0.25) is 0 Å². The van der Waals surface area contributed by atoms with E-state index in [2.05, 4.69) is 10.6 Å². The third-order valence-electron chi connectivity index (χ3n) is 2.86. The number of aliphatic carboxylic acids is 1. The SMILES string of the molecule is NCCCCC1NC(=O)C(CCC(=O)O)NC1=O. The largest absolute Gasteiger partial charge is 0.481 e. The number of carbonyl (C=O) groups excluding carboxylic acids is 2. The zero-order valence-electron chi connectivity index (χ0n) is 10.1. The van der Waals surface area contributed by atoms with E-state index in [0.29, 0.717) is 13.0 Å². The van der Waals surface area contributed by atoms with Crippen LogP contribution in [-0.2, 0) is 14.4 Å². The quantitative estimate of drug-likeness (QED) is 0.434. The second-order valence-corrected chi connectivity index (χ2v) is 4.34. The van der Waals surface area contributed by atoms with Crippen LogP contribution in [0.1, 0.15) is 32.1 Å². The molecule has 7 nitrogen and oxygen atoms in total. The first-order valence-corrected chi connectivity index (χ1v) is 6.07. The molecule has 18 heavy (non-hydrogen) atoms. The Morgan fingerprint density at radius 1 is 1.11 bits per heavy atom. The highest BCUT2D eigenvalue weighted by atomic mass is 16.4. The maximum Gasteiger partial charge on any atom is 0.303 e. The van der Waals surface area contributed by atoms with E-state index in [-0.39, 0.29) is 24.7 Å². The number of carbonyl (C=O) groups is 3. The minimum absolute atomic E-state index is 0.114. The van der Waals surface area contributed by atoms with Gasteiger partial charge in [-0.3, -0.25) is 14.4 Å². The fraction of sp³-hybridized carbons (Fsp3) is 0.727. The average molecular weight is 257 g/mol. The first-order chi connectivity index (χ1) is 8.54. The summed E-state index contributed by atoms with van der Waals surface area (Å²) in [6.07, 6.45) is 2.11. The van der Waals surface area contributed by atoms with Crippen molar-refractivity contribution in [3.8, 4) is 0 Å². The van der Waals surface area contributed by atoms with Crippen molar-refractivity contribution in [2.45, 2.75) is 44.2 Å². The molecule has 2 unspecified atom stereocenters. The molecule has 102 valence electrons. The van der Waals surface area contributed by atoms with Gasteiger partial charge in [-0.25, -0.2) is 0 Å². The summed E-state index contributed by atoms with van der Waals surface area (Å²) >= 11 is 0. The predicted octanol–water partition coefficient (Wildman–Crippen LogP) is -1.04. The second kappa shape index (κ2) is 6.95. The summed E-state index contributed by atoms with van der Waals surface area (Å²) < 4.78 is 0. The van der Waals surface area contributed by atoms with Crippen molar-refractivity contribution in [3.05, 3.63) is 0 Å². The zero-order chi connectivity index (χ0) is 13.5. The summed E-state index contributed by atoms with van der Waals surface area (Å²) in [6, 6.07) is -1.26. The van der Waals surface area contributed by atoms with Crippen LogP contribution >= 0.6 is 0 Å². The Morgan fingerprint density at radius 3 is 2.17 bits per heavy atom. The Bertz CT molecular complexity index is 332. The van der Waals surface area contributed by atoms with E-state index in [1.165, 1.54) is 0 Å². The second-order valence-electron chi connectivity index (χ2n) is 4.34.